The van der Waals surface area contributed by atoms with Gasteiger partial charge in [0.25, 0.3) is 0 Å². The number of thiazole rings is 1. The van der Waals surface area contributed by atoms with Crippen LogP contribution in [0.4, 0.5) is 13.2 Å². The van der Waals surface area contributed by atoms with Crippen LogP contribution in [0.25, 0.3) is 10.6 Å². The molecule has 0 aliphatic carbocycles. The standard InChI is InChI=1S/C12H15F3N4S/c1-3-4-16-6-9-10(12(13,14)15)18-11(20-9)8-5-17-19(2)7-8/h5,7,16H,3-4,6H2,1-2H3. The van der Waals surface area contributed by atoms with E-state index in [1.165, 1.54) is 6.20 Å². The number of aromatic nitrogens is 3. The Kier molecular flexibility index (Phi) is 4.44. The molecule has 2 aromatic rings. The SMILES string of the molecule is CCCNCc1sc(-c2cnn(C)c2)nc1C(F)(F)F. The van der Waals surface area contributed by atoms with Gasteiger partial charge >= 0.3 is 6.18 Å². The van der Waals surface area contributed by atoms with Crippen LogP contribution in [0.5, 0.6) is 0 Å². The van der Waals surface area contributed by atoms with Crippen molar-refractivity contribution in [2.24, 2.45) is 7.05 Å². The maximum Gasteiger partial charge on any atom is 0.434 e. The zero-order valence-corrected chi connectivity index (χ0v) is 12.0. The molecule has 0 atom stereocenters. The molecule has 0 amide bonds. The van der Waals surface area contributed by atoms with Gasteiger partial charge < -0.3 is 5.32 Å². The number of aryl methyl sites for hydroxylation is 1. The maximum atomic E-state index is 13.0. The van der Waals surface area contributed by atoms with Gasteiger partial charge in [-0.2, -0.15) is 18.3 Å². The van der Waals surface area contributed by atoms with Crippen LogP contribution in [0.3, 0.4) is 0 Å². The van der Waals surface area contributed by atoms with Crippen LogP contribution >= 0.6 is 11.3 Å². The van der Waals surface area contributed by atoms with E-state index < -0.39 is 11.9 Å². The third kappa shape index (κ3) is 3.37. The monoisotopic (exact) mass is 304 g/mol. The van der Waals surface area contributed by atoms with Crippen molar-refractivity contribution in [2.75, 3.05) is 6.54 Å². The molecule has 0 unspecified atom stereocenters. The highest BCUT2D eigenvalue weighted by Crippen LogP contribution is 2.37. The third-order valence-corrected chi connectivity index (χ3v) is 3.73. The molecule has 8 heteroatoms. The zero-order chi connectivity index (χ0) is 14.8. The first kappa shape index (κ1) is 15.0. The summed E-state index contributed by atoms with van der Waals surface area (Å²) in [5.74, 6) is 0. The highest BCUT2D eigenvalue weighted by Gasteiger charge is 2.37. The molecule has 2 heterocycles. The van der Waals surface area contributed by atoms with Crippen molar-refractivity contribution in [1.29, 1.82) is 0 Å². The van der Waals surface area contributed by atoms with Gasteiger partial charge in [0.15, 0.2) is 5.69 Å². The first-order chi connectivity index (χ1) is 9.41. The van der Waals surface area contributed by atoms with Crippen LogP contribution in [0.1, 0.15) is 23.9 Å². The van der Waals surface area contributed by atoms with Crippen LogP contribution in [-0.4, -0.2) is 21.3 Å². The first-order valence-corrected chi connectivity index (χ1v) is 7.00. The number of hydrogen-bond donors (Lipinski definition) is 1. The van der Waals surface area contributed by atoms with Gasteiger partial charge in [-0.15, -0.1) is 11.3 Å². The van der Waals surface area contributed by atoms with E-state index in [4.69, 9.17) is 0 Å². The Morgan fingerprint density at radius 2 is 2.15 bits per heavy atom. The van der Waals surface area contributed by atoms with E-state index in [0.29, 0.717) is 17.1 Å². The minimum absolute atomic E-state index is 0.181. The Hall–Kier alpha value is -1.41. The quantitative estimate of drug-likeness (QED) is 0.863. The summed E-state index contributed by atoms with van der Waals surface area (Å²) in [6.45, 7) is 2.82. The number of nitrogens with one attached hydrogen (secondary N) is 1. The van der Waals surface area contributed by atoms with Crippen LogP contribution in [0.15, 0.2) is 12.4 Å². The summed E-state index contributed by atoms with van der Waals surface area (Å²) < 4.78 is 40.5. The van der Waals surface area contributed by atoms with Crippen LogP contribution in [0, 0.1) is 0 Å². The van der Waals surface area contributed by atoms with Crippen LogP contribution < -0.4 is 5.32 Å². The molecule has 0 fully saturated rings. The third-order valence-electron chi connectivity index (χ3n) is 2.63. The summed E-state index contributed by atoms with van der Waals surface area (Å²) in [6.07, 6.45) is -0.389. The van der Waals surface area contributed by atoms with Crippen molar-refractivity contribution >= 4 is 11.3 Å². The molecule has 2 aromatic heterocycles. The molecule has 0 aliphatic heterocycles. The lowest BCUT2D eigenvalue weighted by Gasteiger charge is -2.06. The fourth-order valence-electron chi connectivity index (χ4n) is 1.73. The molecular weight excluding hydrogens is 289 g/mol. The minimum Gasteiger partial charge on any atom is -0.312 e. The Morgan fingerprint density at radius 1 is 1.40 bits per heavy atom. The van der Waals surface area contributed by atoms with Gasteiger partial charge in [0.2, 0.25) is 0 Å². The van der Waals surface area contributed by atoms with E-state index in [1.807, 2.05) is 6.92 Å². The molecule has 0 saturated heterocycles. The van der Waals surface area contributed by atoms with Crippen LogP contribution in [-0.2, 0) is 19.8 Å². The van der Waals surface area contributed by atoms with Crippen molar-refractivity contribution < 1.29 is 13.2 Å². The van der Waals surface area contributed by atoms with Gasteiger partial charge in [-0.3, -0.25) is 4.68 Å². The Labute approximate surface area is 118 Å². The normalized spacial score (nSPS) is 12.1. The van der Waals surface area contributed by atoms with Crippen LogP contribution in [0.2, 0.25) is 0 Å². The summed E-state index contributed by atoms with van der Waals surface area (Å²) in [5, 5.41) is 7.29. The largest absolute Gasteiger partial charge is 0.434 e. The van der Waals surface area contributed by atoms with E-state index in [9.17, 15) is 13.2 Å². The number of nitrogens with zero attached hydrogens (tertiary/aromatic N) is 3. The van der Waals surface area contributed by atoms with Gasteiger partial charge in [0, 0.05) is 25.4 Å². The number of rotatable bonds is 5. The van der Waals surface area contributed by atoms with E-state index in [1.54, 1.807) is 17.9 Å². The average Bonchev–Trinajstić information content (AvgIpc) is 2.95. The zero-order valence-electron chi connectivity index (χ0n) is 11.2. The van der Waals surface area contributed by atoms with E-state index in [0.717, 1.165) is 17.8 Å². The van der Waals surface area contributed by atoms with Gasteiger partial charge in [-0.1, -0.05) is 6.92 Å². The highest BCUT2D eigenvalue weighted by molar-refractivity contribution is 7.15. The van der Waals surface area contributed by atoms with E-state index in [-0.39, 0.29) is 11.4 Å². The highest BCUT2D eigenvalue weighted by atomic mass is 32.1. The maximum absolute atomic E-state index is 13.0. The molecule has 0 spiro atoms. The van der Waals surface area contributed by atoms with Gasteiger partial charge in [-0.25, -0.2) is 4.98 Å². The molecule has 0 aromatic carbocycles. The first-order valence-electron chi connectivity index (χ1n) is 6.18. The lowest BCUT2D eigenvalue weighted by atomic mass is 10.3. The Morgan fingerprint density at radius 3 is 2.70 bits per heavy atom. The molecule has 0 bridgehead atoms. The summed E-state index contributed by atoms with van der Waals surface area (Å²) in [4.78, 5) is 3.96. The molecule has 20 heavy (non-hydrogen) atoms. The lowest BCUT2D eigenvalue weighted by molar-refractivity contribution is -0.141. The average molecular weight is 304 g/mol. The van der Waals surface area contributed by atoms with Gasteiger partial charge in [0.05, 0.1) is 11.1 Å². The molecule has 2 rings (SSSR count). The summed E-state index contributed by atoms with van der Waals surface area (Å²) >= 11 is 1.06. The Balaban J connectivity index is 2.31. The van der Waals surface area contributed by atoms with Crippen molar-refractivity contribution in [1.82, 2.24) is 20.1 Å². The number of halogens is 3. The lowest BCUT2D eigenvalue weighted by Crippen LogP contribution is -2.17. The molecule has 1 N–H and O–H groups in total. The van der Waals surface area contributed by atoms with E-state index >= 15 is 0 Å². The predicted octanol–water partition coefficient (Wildman–Crippen LogP) is 3.06. The molecule has 0 radical (unpaired) electrons. The second-order valence-electron chi connectivity index (χ2n) is 4.37. The summed E-state index contributed by atoms with van der Waals surface area (Å²) in [5.41, 5.74) is -0.199. The van der Waals surface area contributed by atoms with Crippen molar-refractivity contribution in [3.63, 3.8) is 0 Å². The minimum atomic E-state index is -4.43. The molecular formula is C12H15F3N4S. The van der Waals surface area contributed by atoms with E-state index in [2.05, 4.69) is 15.4 Å². The molecule has 4 nitrogen and oxygen atoms in total. The predicted molar refractivity (Wildman–Crippen MR) is 71.3 cm³/mol. The number of alkyl halides is 3. The smallest absolute Gasteiger partial charge is 0.312 e. The second kappa shape index (κ2) is 5.92. The fourth-order valence-corrected chi connectivity index (χ4v) is 2.75. The second-order valence-corrected chi connectivity index (χ2v) is 5.45. The number of hydrogen-bond acceptors (Lipinski definition) is 4. The molecule has 110 valence electrons. The molecule has 0 aliphatic rings. The van der Waals surface area contributed by atoms with Crippen molar-refractivity contribution in [3.8, 4) is 10.6 Å². The van der Waals surface area contributed by atoms with Gasteiger partial charge in [0.1, 0.15) is 5.01 Å². The fraction of sp³-hybridized carbons (Fsp3) is 0.500. The Bertz CT molecular complexity index is 574. The summed E-state index contributed by atoms with van der Waals surface area (Å²) in [6, 6.07) is 0. The van der Waals surface area contributed by atoms with Crippen molar-refractivity contribution in [2.45, 2.75) is 26.1 Å². The van der Waals surface area contributed by atoms with Gasteiger partial charge in [-0.05, 0) is 13.0 Å². The topological polar surface area (TPSA) is 42.7 Å². The van der Waals surface area contributed by atoms with Crippen molar-refractivity contribution in [3.05, 3.63) is 23.0 Å². The molecule has 0 saturated carbocycles. The summed E-state index contributed by atoms with van der Waals surface area (Å²) in [7, 11) is 1.71.